The summed E-state index contributed by atoms with van der Waals surface area (Å²) in [4.78, 5) is 19.0. The van der Waals surface area contributed by atoms with Gasteiger partial charge in [-0.25, -0.2) is 0 Å². The fraction of sp³-hybridized carbons (Fsp3) is 0.417. The number of likely N-dealkylation sites (N-methyl/N-ethyl adjacent to an activating group) is 1. The molecule has 2 aromatic heterocycles. The summed E-state index contributed by atoms with van der Waals surface area (Å²) in [5.41, 5.74) is 2.12. The Labute approximate surface area is 115 Å². The molecule has 0 saturated carbocycles. The quantitative estimate of drug-likeness (QED) is 0.743. The van der Waals surface area contributed by atoms with Crippen LogP contribution in [-0.2, 0) is 6.54 Å². The number of ketones is 1. The van der Waals surface area contributed by atoms with Gasteiger partial charge in [0.2, 0.25) is 5.78 Å². The molecule has 0 aromatic carbocycles. The van der Waals surface area contributed by atoms with Crippen molar-refractivity contribution in [3.8, 4) is 5.75 Å². The number of methoxy groups -OCH3 is 1. The van der Waals surface area contributed by atoms with E-state index in [2.05, 4.69) is 10.1 Å². The average Bonchev–Trinajstić information content (AvgIpc) is 3.04. The number of hydrogen-bond acceptors (Lipinski definition) is 6. The smallest absolute Gasteiger partial charge is 0.226 e. The lowest BCUT2D eigenvalue weighted by molar-refractivity contribution is 0.102. The molecule has 102 valence electrons. The summed E-state index contributed by atoms with van der Waals surface area (Å²) in [5, 5.41) is 4.22. The Morgan fingerprint density at radius 3 is 2.84 bits per heavy atom. The Kier molecular flexibility index (Phi) is 4.28. The van der Waals surface area contributed by atoms with Crippen molar-refractivity contribution in [1.29, 1.82) is 0 Å². The number of hydrogen-bond donors (Lipinski definition) is 0. The molecular weight excluding hydrogens is 264 g/mol. The number of carbonyl (C=O) groups is 1. The van der Waals surface area contributed by atoms with E-state index >= 15 is 0 Å². The summed E-state index contributed by atoms with van der Waals surface area (Å²) in [5.74, 6) is 0.396. The van der Waals surface area contributed by atoms with E-state index in [-0.39, 0.29) is 5.78 Å². The molecule has 0 saturated heterocycles. The van der Waals surface area contributed by atoms with Crippen LogP contribution >= 0.6 is 11.3 Å². The van der Waals surface area contributed by atoms with Crippen molar-refractivity contribution in [1.82, 2.24) is 19.7 Å². The first-order valence-electron chi connectivity index (χ1n) is 5.81. The van der Waals surface area contributed by atoms with E-state index in [4.69, 9.17) is 4.74 Å². The van der Waals surface area contributed by atoms with Gasteiger partial charge in [-0.3, -0.25) is 14.5 Å². The van der Waals surface area contributed by atoms with Crippen molar-refractivity contribution in [3.63, 3.8) is 0 Å². The number of carbonyl (C=O) groups excluding carboxylic acids is 1. The summed E-state index contributed by atoms with van der Waals surface area (Å²) < 4.78 is 6.90. The molecule has 0 radical (unpaired) electrons. The standard InChI is InChI=1S/C12H16N4O2S/c1-15(2)4-5-16-11(9(18-3)6-14-16)12(17)10-7-13-8-19-10/h6-8H,4-5H2,1-3H3. The van der Waals surface area contributed by atoms with Crippen LogP contribution in [0.3, 0.4) is 0 Å². The first-order chi connectivity index (χ1) is 9.13. The number of nitrogens with zero attached hydrogens (tertiary/aromatic N) is 4. The minimum Gasteiger partial charge on any atom is -0.493 e. The number of rotatable bonds is 6. The van der Waals surface area contributed by atoms with E-state index in [0.29, 0.717) is 22.9 Å². The third kappa shape index (κ3) is 2.99. The first kappa shape index (κ1) is 13.7. The zero-order valence-electron chi connectivity index (χ0n) is 11.2. The third-order valence-electron chi connectivity index (χ3n) is 2.66. The summed E-state index contributed by atoms with van der Waals surface area (Å²) >= 11 is 1.31. The van der Waals surface area contributed by atoms with Crippen LogP contribution in [0.5, 0.6) is 5.75 Å². The molecule has 0 bridgehead atoms. The molecule has 0 amide bonds. The lowest BCUT2D eigenvalue weighted by atomic mass is 10.2. The van der Waals surface area contributed by atoms with E-state index in [0.717, 1.165) is 6.54 Å². The number of ether oxygens (including phenoxy) is 1. The van der Waals surface area contributed by atoms with E-state index in [1.807, 2.05) is 19.0 Å². The summed E-state index contributed by atoms with van der Waals surface area (Å²) in [7, 11) is 5.49. The molecule has 0 N–H and O–H groups in total. The van der Waals surface area contributed by atoms with Crippen LogP contribution in [0, 0.1) is 0 Å². The monoisotopic (exact) mass is 280 g/mol. The second kappa shape index (κ2) is 5.94. The normalized spacial score (nSPS) is 10.9. The van der Waals surface area contributed by atoms with Gasteiger partial charge >= 0.3 is 0 Å². The van der Waals surface area contributed by atoms with Gasteiger partial charge in [0.25, 0.3) is 0 Å². The minimum atomic E-state index is -0.101. The van der Waals surface area contributed by atoms with Gasteiger partial charge in [-0.2, -0.15) is 5.10 Å². The largest absolute Gasteiger partial charge is 0.493 e. The molecule has 0 aliphatic carbocycles. The Bertz CT molecular complexity index is 548. The zero-order chi connectivity index (χ0) is 13.8. The maximum absolute atomic E-state index is 12.4. The van der Waals surface area contributed by atoms with Crippen molar-refractivity contribution < 1.29 is 9.53 Å². The Morgan fingerprint density at radius 2 is 2.26 bits per heavy atom. The van der Waals surface area contributed by atoms with Crippen LogP contribution in [0.25, 0.3) is 0 Å². The first-order valence-corrected chi connectivity index (χ1v) is 6.69. The molecular formula is C12H16N4O2S. The SMILES string of the molecule is COc1cnn(CCN(C)C)c1C(=O)c1cncs1. The maximum atomic E-state index is 12.4. The Balaban J connectivity index is 2.31. The molecule has 2 rings (SSSR count). The van der Waals surface area contributed by atoms with Crippen LogP contribution in [0.1, 0.15) is 15.4 Å². The van der Waals surface area contributed by atoms with Crippen molar-refractivity contribution in [3.05, 3.63) is 28.5 Å². The topological polar surface area (TPSA) is 60.2 Å². The van der Waals surface area contributed by atoms with Crippen LogP contribution in [0.4, 0.5) is 0 Å². The molecule has 6 nitrogen and oxygen atoms in total. The second-order valence-corrected chi connectivity index (χ2v) is 5.17. The molecule has 0 spiro atoms. The van der Waals surface area contributed by atoms with Crippen molar-refractivity contribution >= 4 is 17.1 Å². The third-order valence-corrected chi connectivity index (χ3v) is 3.43. The van der Waals surface area contributed by atoms with Gasteiger partial charge in [0.1, 0.15) is 0 Å². The highest BCUT2D eigenvalue weighted by atomic mass is 32.1. The van der Waals surface area contributed by atoms with Gasteiger partial charge in [-0.05, 0) is 14.1 Å². The van der Waals surface area contributed by atoms with Gasteiger partial charge in [-0.1, -0.05) is 0 Å². The van der Waals surface area contributed by atoms with Gasteiger partial charge in [-0.15, -0.1) is 11.3 Å². The van der Waals surface area contributed by atoms with Crippen molar-refractivity contribution in [2.45, 2.75) is 6.54 Å². The predicted molar refractivity (Wildman–Crippen MR) is 72.9 cm³/mol. The van der Waals surface area contributed by atoms with Crippen molar-refractivity contribution in [2.75, 3.05) is 27.7 Å². The van der Waals surface area contributed by atoms with Gasteiger partial charge < -0.3 is 9.64 Å². The number of thiazole rings is 1. The van der Waals surface area contributed by atoms with Gasteiger partial charge in [0.15, 0.2) is 11.4 Å². The molecule has 0 aliphatic heterocycles. The van der Waals surface area contributed by atoms with E-state index in [9.17, 15) is 4.79 Å². The van der Waals surface area contributed by atoms with E-state index in [1.54, 1.807) is 22.6 Å². The predicted octanol–water partition coefficient (Wildman–Crippen LogP) is 1.14. The lowest BCUT2D eigenvalue weighted by Crippen LogP contribution is -2.21. The summed E-state index contributed by atoms with van der Waals surface area (Å²) in [6, 6.07) is 0. The fourth-order valence-corrected chi connectivity index (χ4v) is 2.22. The summed E-state index contributed by atoms with van der Waals surface area (Å²) in [6.07, 6.45) is 3.14. The maximum Gasteiger partial charge on any atom is 0.226 e. The highest BCUT2D eigenvalue weighted by Crippen LogP contribution is 2.22. The van der Waals surface area contributed by atoms with E-state index in [1.165, 1.54) is 18.4 Å². The molecule has 0 fully saturated rings. The second-order valence-electron chi connectivity index (χ2n) is 4.28. The fourth-order valence-electron chi connectivity index (χ4n) is 1.66. The average molecular weight is 280 g/mol. The molecule has 2 aromatic rings. The molecule has 19 heavy (non-hydrogen) atoms. The highest BCUT2D eigenvalue weighted by Gasteiger charge is 2.22. The Morgan fingerprint density at radius 1 is 1.47 bits per heavy atom. The molecule has 7 heteroatoms. The van der Waals surface area contributed by atoms with Crippen molar-refractivity contribution in [2.24, 2.45) is 0 Å². The molecule has 0 atom stereocenters. The lowest BCUT2D eigenvalue weighted by Gasteiger charge is -2.11. The highest BCUT2D eigenvalue weighted by molar-refractivity contribution is 7.11. The van der Waals surface area contributed by atoms with Crippen LogP contribution < -0.4 is 4.74 Å². The van der Waals surface area contributed by atoms with Gasteiger partial charge in [0.05, 0.1) is 30.2 Å². The molecule has 0 aliphatic rings. The van der Waals surface area contributed by atoms with Gasteiger partial charge in [0, 0.05) is 12.7 Å². The van der Waals surface area contributed by atoms with E-state index < -0.39 is 0 Å². The van der Waals surface area contributed by atoms with Crippen LogP contribution in [-0.4, -0.2) is 53.2 Å². The Hall–Kier alpha value is -1.73. The number of aromatic nitrogens is 3. The molecule has 0 unspecified atom stereocenters. The minimum absolute atomic E-state index is 0.101. The van der Waals surface area contributed by atoms with Crippen LogP contribution in [0.2, 0.25) is 0 Å². The summed E-state index contributed by atoms with van der Waals surface area (Å²) in [6.45, 7) is 1.43. The molecule has 2 heterocycles. The zero-order valence-corrected chi connectivity index (χ0v) is 12.0. The van der Waals surface area contributed by atoms with Crippen LogP contribution in [0.15, 0.2) is 17.9 Å².